The van der Waals surface area contributed by atoms with Crippen LogP contribution in [0.4, 0.5) is 5.69 Å². The minimum Gasteiger partial charge on any atom is -0.369 e. The number of hydrogen-bond acceptors (Lipinski definition) is 2. The van der Waals surface area contributed by atoms with E-state index >= 15 is 0 Å². The molecular formula is C15H22N2. The second kappa shape index (κ2) is 4.92. The number of benzene rings is 1. The fourth-order valence-electron chi connectivity index (χ4n) is 2.31. The summed E-state index contributed by atoms with van der Waals surface area (Å²) in [4.78, 5) is 4.95. The summed E-state index contributed by atoms with van der Waals surface area (Å²) in [5, 5.41) is 0. The molecule has 1 aromatic carbocycles. The predicted molar refractivity (Wildman–Crippen MR) is 74.5 cm³/mol. The summed E-state index contributed by atoms with van der Waals surface area (Å²) in [5.74, 6) is 0. The van der Waals surface area contributed by atoms with Gasteiger partial charge in [0.15, 0.2) is 0 Å². The van der Waals surface area contributed by atoms with Gasteiger partial charge in [0.25, 0.3) is 0 Å². The van der Waals surface area contributed by atoms with Crippen molar-refractivity contribution in [2.24, 2.45) is 0 Å². The van der Waals surface area contributed by atoms with Gasteiger partial charge in [-0.25, -0.2) is 0 Å². The Balaban J connectivity index is 1.97. The lowest BCUT2D eigenvalue weighted by atomic mass is 10.0. The smallest absolute Gasteiger partial charge is 0.0367 e. The Morgan fingerprint density at radius 3 is 2.18 bits per heavy atom. The van der Waals surface area contributed by atoms with E-state index in [2.05, 4.69) is 60.6 Å². The van der Waals surface area contributed by atoms with E-state index in [1.54, 1.807) is 0 Å². The van der Waals surface area contributed by atoms with Crippen molar-refractivity contribution in [3.05, 3.63) is 43.0 Å². The maximum atomic E-state index is 3.93. The molecule has 0 aliphatic carbocycles. The SMILES string of the molecule is C=CC(C)(C)N1CCN(c2ccccc2)CC1. The topological polar surface area (TPSA) is 6.48 Å². The normalized spacial score (nSPS) is 18.1. The third-order valence-electron chi connectivity index (χ3n) is 3.72. The van der Waals surface area contributed by atoms with Crippen molar-refractivity contribution >= 4 is 5.69 Å². The van der Waals surface area contributed by atoms with Crippen LogP contribution in [0, 0.1) is 0 Å². The average Bonchev–Trinajstić information content (AvgIpc) is 2.40. The molecule has 0 N–H and O–H groups in total. The van der Waals surface area contributed by atoms with Crippen molar-refractivity contribution in [3.63, 3.8) is 0 Å². The molecule has 2 rings (SSSR count). The van der Waals surface area contributed by atoms with Crippen LogP contribution in [0.1, 0.15) is 13.8 Å². The first kappa shape index (κ1) is 12.2. The first-order valence-corrected chi connectivity index (χ1v) is 6.32. The fraction of sp³-hybridized carbons (Fsp3) is 0.467. The zero-order valence-corrected chi connectivity index (χ0v) is 10.9. The zero-order chi connectivity index (χ0) is 12.3. The van der Waals surface area contributed by atoms with Crippen LogP contribution in [0.3, 0.4) is 0 Å². The third-order valence-corrected chi connectivity index (χ3v) is 3.72. The number of nitrogens with zero attached hydrogens (tertiary/aromatic N) is 2. The largest absolute Gasteiger partial charge is 0.369 e. The van der Waals surface area contributed by atoms with Crippen LogP contribution in [-0.2, 0) is 0 Å². The number of hydrogen-bond donors (Lipinski definition) is 0. The van der Waals surface area contributed by atoms with Gasteiger partial charge in [0.05, 0.1) is 0 Å². The number of anilines is 1. The summed E-state index contributed by atoms with van der Waals surface area (Å²) in [6.07, 6.45) is 2.05. The predicted octanol–water partition coefficient (Wildman–Crippen LogP) is 2.77. The lowest BCUT2D eigenvalue weighted by molar-refractivity contribution is 0.152. The number of rotatable bonds is 3. The lowest BCUT2D eigenvalue weighted by Gasteiger charge is -2.43. The molecule has 0 spiro atoms. The summed E-state index contributed by atoms with van der Waals surface area (Å²) in [5.41, 5.74) is 1.45. The maximum Gasteiger partial charge on any atom is 0.0367 e. The molecule has 2 nitrogen and oxygen atoms in total. The molecule has 1 aliphatic heterocycles. The van der Waals surface area contributed by atoms with Gasteiger partial charge in [0.1, 0.15) is 0 Å². The highest BCUT2D eigenvalue weighted by Crippen LogP contribution is 2.21. The first-order chi connectivity index (χ1) is 8.13. The molecule has 1 fully saturated rings. The van der Waals surface area contributed by atoms with Gasteiger partial charge in [0, 0.05) is 37.4 Å². The van der Waals surface area contributed by atoms with E-state index in [1.807, 2.05) is 6.08 Å². The van der Waals surface area contributed by atoms with Crippen LogP contribution in [0.25, 0.3) is 0 Å². The molecule has 0 aromatic heterocycles. The Morgan fingerprint density at radius 2 is 1.65 bits per heavy atom. The van der Waals surface area contributed by atoms with E-state index in [4.69, 9.17) is 0 Å². The number of piperazine rings is 1. The van der Waals surface area contributed by atoms with Gasteiger partial charge in [-0.05, 0) is 26.0 Å². The van der Waals surface area contributed by atoms with Crippen LogP contribution in [-0.4, -0.2) is 36.6 Å². The van der Waals surface area contributed by atoms with Crippen LogP contribution >= 0.6 is 0 Å². The van der Waals surface area contributed by atoms with Gasteiger partial charge in [0.2, 0.25) is 0 Å². The van der Waals surface area contributed by atoms with Crippen LogP contribution < -0.4 is 4.90 Å². The molecular weight excluding hydrogens is 208 g/mol. The molecule has 0 radical (unpaired) electrons. The second-order valence-corrected chi connectivity index (χ2v) is 5.17. The van der Waals surface area contributed by atoms with E-state index in [0.29, 0.717) is 0 Å². The molecule has 1 saturated heterocycles. The van der Waals surface area contributed by atoms with Crippen molar-refractivity contribution in [2.45, 2.75) is 19.4 Å². The Hall–Kier alpha value is -1.28. The highest BCUT2D eigenvalue weighted by atomic mass is 15.3. The summed E-state index contributed by atoms with van der Waals surface area (Å²) in [7, 11) is 0. The van der Waals surface area contributed by atoms with Crippen LogP contribution in [0.5, 0.6) is 0 Å². The van der Waals surface area contributed by atoms with Crippen molar-refractivity contribution in [1.29, 1.82) is 0 Å². The van der Waals surface area contributed by atoms with Gasteiger partial charge in [-0.1, -0.05) is 24.3 Å². The minimum atomic E-state index is 0.114. The van der Waals surface area contributed by atoms with Crippen LogP contribution in [0.2, 0.25) is 0 Å². The van der Waals surface area contributed by atoms with Crippen molar-refractivity contribution < 1.29 is 0 Å². The molecule has 0 atom stereocenters. The minimum absolute atomic E-state index is 0.114. The standard InChI is InChI=1S/C15H22N2/c1-4-15(2,3)17-12-10-16(11-13-17)14-8-6-5-7-9-14/h4-9H,1,10-13H2,2-3H3. The van der Waals surface area contributed by atoms with Crippen molar-refractivity contribution in [2.75, 3.05) is 31.1 Å². The number of para-hydroxylation sites is 1. The van der Waals surface area contributed by atoms with Crippen LogP contribution in [0.15, 0.2) is 43.0 Å². The van der Waals surface area contributed by atoms with Gasteiger partial charge in [-0.2, -0.15) is 0 Å². The molecule has 0 unspecified atom stereocenters. The van der Waals surface area contributed by atoms with Gasteiger partial charge in [-0.3, -0.25) is 4.90 Å². The third kappa shape index (κ3) is 2.70. The molecule has 1 heterocycles. The van der Waals surface area contributed by atoms with Crippen molar-refractivity contribution in [3.8, 4) is 0 Å². The lowest BCUT2D eigenvalue weighted by Crippen LogP contribution is -2.53. The summed E-state index contributed by atoms with van der Waals surface area (Å²) < 4.78 is 0. The fourth-order valence-corrected chi connectivity index (χ4v) is 2.31. The molecule has 0 saturated carbocycles. The van der Waals surface area contributed by atoms with E-state index in [9.17, 15) is 0 Å². The average molecular weight is 230 g/mol. The van der Waals surface area contributed by atoms with Crippen molar-refractivity contribution in [1.82, 2.24) is 4.90 Å². The van der Waals surface area contributed by atoms with E-state index in [1.165, 1.54) is 5.69 Å². The molecule has 1 aromatic rings. The van der Waals surface area contributed by atoms with E-state index < -0.39 is 0 Å². The highest BCUT2D eigenvalue weighted by Gasteiger charge is 2.27. The quantitative estimate of drug-likeness (QED) is 0.737. The Labute approximate surface area is 105 Å². The Bertz CT molecular complexity index is 362. The molecule has 0 amide bonds. The molecule has 0 bridgehead atoms. The second-order valence-electron chi connectivity index (χ2n) is 5.17. The summed E-state index contributed by atoms with van der Waals surface area (Å²) >= 11 is 0. The molecule has 2 heteroatoms. The van der Waals surface area contributed by atoms with Gasteiger partial charge < -0.3 is 4.90 Å². The zero-order valence-electron chi connectivity index (χ0n) is 10.9. The molecule has 92 valence electrons. The Morgan fingerprint density at radius 1 is 1.06 bits per heavy atom. The van der Waals surface area contributed by atoms with Gasteiger partial charge in [-0.15, -0.1) is 6.58 Å². The molecule has 17 heavy (non-hydrogen) atoms. The highest BCUT2D eigenvalue weighted by molar-refractivity contribution is 5.46. The molecule has 1 aliphatic rings. The maximum absolute atomic E-state index is 3.93. The monoisotopic (exact) mass is 230 g/mol. The summed E-state index contributed by atoms with van der Waals surface area (Å²) in [6, 6.07) is 10.7. The first-order valence-electron chi connectivity index (χ1n) is 6.32. The van der Waals surface area contributed by atoms with E-state index in [0.717, 1.165) is 26.2 Å². The van der Waals surface area contributed by atoms with E-state index in [-0.39, 0.29) is 5.54 Å². The summed E-state index contributed by atoms with van der Waals surface area (Å²) in [6.45, 7) is 12.8. The Kier molecular flexibility index (Phi) is 3.53. The van der Waals surface area contributed by atoms with Gasteiger partial charge >= 0.3 is 0 Å².